The third kappa shape index (κ3) is 22.3. The average Bonchev–Trinajstić information content (AvgIpc) is 2.74. The van der Waals surface area contributed by atoms with Crippen molar-refractivity contribution in [3.63, 3.8) is 0 Å². The molecule has 0 bridgehead atoms. The Morgan fingerprint density at radius 3 is 1.59 bits per heavy atom. The van der Waals surface area contributed by atoms with Crippen LogP contribution in [0.5, 0.6) is 0 Å². The Hall–Kier alpha value is 0.540. The molecule has 0 aromatic heterocycles. The van der Waals surface area contributed by atoms with E-state index < -0.39 is 19.4 Å². The number of rotatable bonds is 24. The SMILES string of the molecule is CCCCCCCCCCCCCCCCCCOC[C@@H](COP(=O)([O-])C(=O)O)OC.[Na+]. The first-order valence-corrected chi connectivity index (χ1v) is 13.8. The summed E-state index contributed by atoms with van der Waals surface area (Å²) in [6.45, 7) is 2.65. The second-order valence-electron chi connectivity index (χ2n) is 8.31. The van der Waals surface area contributed by atoms with Gasteiger partial charge < -0.3 is 24.0 Å². The molecule has 1 unspecified atom stereocenters. The van der Waals surface area contributed by atoms with Gasteiger partial charge in [0.15, 0.2) is 0 Å². The van der Waals surface area contributed by atoms with Gasteiger partial charge in [0.2, 0.25) is 7.60 Å². The van der Waals surface area contributed by atoms with Crippen molar-refractivity contribution in [2.75, 3.05) is 26.9 Å². The maximum atomic E-state index is 11.1. The summed E-state index contributed by atoms with van der Waals surface area (Å²) in [5, 5.41) is 8.49. The van der Waals surface area contributed by atoms with Crippen molar-refractivity contribution in [2.24, 2.45) is 0 Å². The van der Waals surface area contributed by atoms with Crippen LogP contribution in [0.25, 0.3) is 0 Å². The van der Waals surface area contributed by atoms with Crippen LogP contribution in [0, 0.1) is 0 Å². The number of carbonyl (C=O) groups is 1. The zero-order valence-electron chi connectivity index (χ0n) is 20.9. The average molecular weight is 489 g/mol. The maximum Gasteiger partial charge on any atom is 1.00 e. The van der Waals surface area contributed by atoms with Crippen molar-refractivity contribution in [3.8, 4) is 0 Å². The maximum absolute atomic E-state index is 11.1. The molecule has 0 aromatic carbocycles. The van der Waals surface area contributed by atoms with Gasteiger partial charge in [0.1, 0.15) is 6.10 Å². The van der Waals surface area contributed by atoms with Crippen LogP contribution in [0.2, 0.25) is 0 Å². The number of unbranched alkanes of at least 4 members (excludes halogenated alkanes) is 15. The summed E-state index contributed by atoms with van der Waals surface area (Å²) >= 11 is 0. The van der Waals surface area contributed by atoms with Gasteiger partial charge in [0.05, 0.1) is 13.2 Å². The van der Waals surface area contributed by atoms with Crippen molar-refractivity contribution >= 4 is 13.3 Å². The van der Waals surface area contributed by atoms with Crippen LogP contribution in [0.1, 0.15) is 110 Å². The number of ether oxygens (including phenoxy) is 2. The van der Waals surface area contributed by atoms with E-state index in [1.54, 1.807) is 0 Å². The van der Waals surface area contributed by atoms with Gasteiger partial charge in [-0.1, -0.05) is 103 Å². The summed E-state index contributed by atoms with van der Waals surface area (Å²) in [6, 6.07) is 0. The van der Waals surface area contributed by atoms with Crippen LogP contribution in [-0.4, -0.2) is 43.9 Å². The smallest absolute Gasteiger partial charge is 0.770 e. The molecule has 0 rings (SSSR count). The van der Waals surface area contributed by atoms with Crippen LogP contribution in [0.3, 0.4) is 0 Å². The van der Waals surface area contributed by atoms with Gasteiger partial charge in [-0.2, -0.15) is 0 Å². The van der Waals surface area contributed by atoms with Crippen LogP contribution in [0.4, 0.5) is 4.79 Å². The molecule has 9 heteroatoms. The number of methoxy groups -OCH3 is 1. The molecular weight excluding hydrogens is 442 g/mol. The molecule has 0 heterocycles. The van der Waals surface area contributed by atoms with Crippen LogP contribution < -0.4 is 34.5 Å². The van der Waals surface area contributed by atoms with E-state index in [2.05, 4.69) is 11.4 Å². The van der Waals surface area contributed by atoms with E-state index in [-0.39, 0.29) is 42.8 Å². The fourth-order valence-corrected chi connectivity index (χ4v) is 3.86. The molecule has 2 atom stereocenters. The molecule has 0 aliphatic heterocycles. The molecule has 7 nitrogen and oxygen atoms in total. The fourth-order valence-electron chi connectivity index (χ4n) is 3.39. The minimum absolute atomic E-state index is 0. The second kappa shape index (κ2) is 24.7. The molecule has 0 saturated carbocycles. The van der Waals surface area contributed by atoms with Crippen LogP contribution in [0.15, 0.2) is 0 Å². The van der Waals surface area contributed by atoms with Crippen LogP contribution in [-0.2, 0) is 18.6 Å². The standard InChI is InChI=1S/C23H47O7P.Na/c1-3-4-5-6-7-8-9-10-11-12-13-14-15-16-17-18-19-29-20-22(28-2)21-30-31(26,27)23(24)25;/h22H,3-21H2,1-2H3,(H,24,25)(H,26,27);/q;+1/p-1/t22-;/m0./s1. The first-order chi connectivity index (χ1) is 14.9. The number of carboxylic acid groups (broad SMARTS) is 1. The molecule has 0 aromatic rings. The van der Waals surface area contributed by atoms with Gasteiger partial charge in [-0.25, -0.2) is 4.79 Å². The van der Waals surface area contributed by atoms with E-state index in [9.17, 15) is 14.3 Å². The fraction of sp³-hybridized carbons (Fsp3) is 0.957. The summed E-state index contributed by atoms with van der Waals surface area (Å²) in [4.78, 5) is 21.6. The van der Waals surface area contributed by atoms with Crippen LogP contribution >= 0.6 is 7.60 Å². The summed E-state index contributed by atoms with van der Waals surface area (Å²) in [6.07, 6.45) is 20.4. The second-order valence-corrected chi connectivity index (χ2v) is 9.95. The van der Waals surface area contributed by atoms with Gasteiger partial charge in [0.25, 0.3) is 0 Å². The minimum atomic E-state index is -4.88. The third-order valence-corrected chi connectivity index (χ3v) is 6.40. The van der Waals surface area contributed by atoms with E-state index in [1.807, 2.05) is 0 Å². The predicted octanol–water partition coefficient (Wildman–Crippen LogP) is 3.53. The minimum Gasteiger partial charge on any atom is -0.770 e. The molecule has 0 fully saturated rings. The molecule has 0 aliphatic rings. The molecule has 0 amide bonds. The largest absolute Gasteiger partial charge is 1.00 e. The Labute approximate surface area is 218 Å². The van der Waals surface area contributed by atoms with E-state index in [4.69, 9.17) is 14.6 Å². The zero-order valence-corrected chi connectivity index (χ0v) is 23.8. The van der Waals surface area contributed by atoms with Gasteiger partial charge >= 0.3 is 35.3 Å². The predicted molar refractivity (Wildman–Crippen MR) is 123 cm³/mol. The summed E-state index contributed by atoms with van der Waals surface area (Å²) in [5.41, 5.74) is -1.98. The Kier molecular flexibility index (Phi) is 26.7. The van der Waals surface area contributed by atoms with Crippen molar-refractivity contribution in [2.45, 2.75) is 116 Å². The molecule has 0 radical (unpaired) electrons. The molecular formula is C23H46NaO7P. The van der Waals surface area contributed by atoms with Gasteiger partial charge in [-0.3, -0.25) is 4.57 Å². The molecule has 186 valence electrons. The zero-order chi connectivity index (χ0) is 23.2. The Bertz CT molecular complexity index is 466. The van der Waals surface area contributed by atoms with E-state index in [0.29, 0.717) is 6.61 Å². The van der Waals surface area contributed by atoms with Gasteiger partial charge in [-0.15, -0.1) is 0 Å². The quantitative estimate of drug-likeness (QED) is 0.126. The van der Waals surface area contributed by atoms with E-state index in [0.717, 1.165) is 12.8 Å². The van der Waals surface area contributed by atoms with Gasteiger partial charge in [0, 0.05) is 13.7 Å². The molecule has 0 aliphatic carbocycles. The summed E-state index contributed by atoms with van der Waals surface area (Å²) < 4.78 is 26.1. The normalized spacial score (nSPS) is 14.0. The van der Waals surface area contributed by atoms with Crippen molar-refractivity contribution < 1.29 is 62.9 Å². The topological polar surface area (TPSA) is 105 Å². The Balaban J connectivity index is 0. The molecule has 0 saturated heterocycles. The van der Waals surface area contributed by atoms with E-state index >= 15 is 0 Å². The Morgan fingerprint density at radius 2 is 1.22 bits per heavy atom. The van der Waals surface area contributed by atoms with Crippen molar-refractivity contribution in [1.82, 2.24) is 0 Å². The molecule has 1 N–H and O–H groups in total. The Morgan fingerprint density at radius 1 is 0.812 bits per heavy atom. The van der Waals surface area contributed by atoms with Crippen molar-refractivity contribution in [1.29, 1.82) is 0 Å². The van der Waals surface area contributed by atoms with E-state index in [1.165, 1.54) is 97.0 Å². The monoisotopic (exact) mass is 488 g/mol. The van der Waals surface area contributed by atoms with Gasteiger partial charge in [-0.05, 0) is 6.42 Å². The first kappa shape index (κ1) is 34.7. The summed E-state index contributed by atoms with van der Waals surface area (Å²) in [5.74, 6) is 0. The van der Waals surface area contributed by atoms with Crippen molar-refractivity contribution in [3.05, 3.63) is 0 Å². The third-order valence-electron chi connectivity index (χ3n) is 5.44. The number of hydrogen-bond donors (Lipinski definition) is 1. The summed E-state index contributed by atoms with van der Waals surface area (Å²) in [7, 11) is -3.47. The first-order valence-electron chi connectivity index (χ1n) is 12.2. The molecule has 0 spiro atoms. The molecule has 32 heavy (non-hydrogen) atoms. The number of hydrogen-bond acceptors (Lipinski definition) is 6.